The zero-order valence-corrected chi connectivity index (χ0v) is 15.0. The number of para-hydroxylation sites is 2. The summed E-state index contributed by atoms with van der Waals surface area (Å²) in [6, 6.07) is 15.7. The number of hydrogen-bond acceptors (Lipinski definition) is 4. The predicted octanol–water partition coefficient (Wildman–Crippen LogP) is 4.66. The number of aliphatic hydroxyl groups excluding tert-OH is 1. The zero-order valence-electron chi connectivity index (χ0n) is 12.6. The van der Waals surface area contributed by atoms with E-state index in [9.17, 15) is 5.11 Å². The van der Waals surface area contributed by atoms with Gasteiger partial charge in [-0.3, -0.25) is 0 Å². The van der Waals surface area contributed by atoms with Crippen LogP contribution in [0, 0.1) is 0 Å². The molecular formula is C18H14BrN3OS. The molecule has 0 radical (unpaired) electrons. The molecule has 0 amide bonds. The SMILES string of the molecule is O[C@H](Cn1c(-c2cscn2)nc2ccccc21)c1cccc(Br)c1. The van der Waals surface area contributed by atoms with Gasteiger partial charge in [0.15, 0.2) is 5.82 Å². The summed E-state index contributed by atoms with van der Waals surface area (Å²) in [4.78, 5) is 9.09. The van der Waals surface area contributed by atoms with Gasteiger partial charge in [0, 0.05) is 9.85 Å². The molecule has 4 rings (SSSR count). The fourth-order valence-electron chi connectivity index (χ4n) is 2.77. The molecule has 6 heteroatoms. The van der Waals surface area contributed by atoms with E-state index in [1.165, 1.54) is 11.3 Å². The molecule has 1 N–H and O–H groups in total. The van der Waals surface area contributed by atoms with Crippen molar-refractivity contribution in [3.05, 3.63) is 69.5 Å². The van der Waals surface area contributed by atoms with Gasteiger partial charge in [0.1, 0.15) is 5.69 Å². The molecule has 0 saturated heterocycles. The van der Waals surface area contributed by atoms with Crippen LogP contribution < -0.4 is 0 Å². The molecule has 0 spiro atoms. The molecule has 0 bridgehead atoms. The number of imidazole rings is 1. The van der Waals surface area contributed by atoms with Crippen LogP contribution in [0.2, 0.25) is 0 Å². The van der Waals surface area contributed by atoms with Gasteiger partial charge in [0.05, 0.1) is 29.2 Å². The predicted molar refractivity (Wildman–Crippen MR) is 99.9 cm³/mol. The molecule has 0 saturated carbocycles. The lowest BCUT2D eigenvalue weighted by molar-refractivity contribution is 0.158. The first-order valence-corrected chi connectivity index (χ1v) is 9.23. The summed E-state index contributed by atoms with van der Waals surface area (Å²) in [5.74, 6) is 0.784. The van der Waals surface area contributed by atoms with E-state index in [1.807, 2.05) is 58.5 Å². The molecular weight excluding hydrogens is 386 g/mol. The number of aliphatic hydroxyl groups is 1. The van der Waals surface area contributed by atoms with Gasteiger partial charge in [0.25, 0.3) is 0 Å². The van der Waals surface area contributed by atoms with E-state index in [0.29, 0.717) is 6.54 Å². The van der Waals surface area contributed by atoms with Crippen LogP contribution in [0.1, 0.15) is 11.7 Å². The number of thiazole rings is 1. The molecule has 4 nitrogen and oxygen atoms in total. The Morgan fingerprint density at radius 3 is 2.83 bits per heavy atom. The topological polar surface area (TPSA) is 50.9 Å². The Kier molecular flexibility index (Phi) is 4.18. The number of rotatable bonds is 4. The summed E-state index contributed by atoms with van der Waals surface area (Å²) in [7, 11) is 0. The molecule has 4 aromatic rings. The van der Waals surface area contributed by atoms with E-state index in [4.69, 9.17) is 4.98 Å². The fraction of sp³-hybridized carbons (Fsp3) is 0.111. The van der Waals surface area contributed by atoms with Crippen molar-refractivity contribution in [3.8, 4) is 11.5 Å². The number of benzene rings is 2. The number of hydrogen-bond donors (Lipinski definition) is 1. The molecule has 24 heavy (non-hydrogen) atoms. The second-order valence-corrected chi connectivity index (χ2v) is 7.11. The number of halogens is 1. The van der Waals surface area contributed by atoms with E-state index in [1.54, 1.807) is 5.51 Å². The van der Waals surface area contributed by atoms with Gasteiger partial charge in [-0.1, -0.05) is 40.2 Å². The van der Waals surface area contributed by atoms with Crippen LogP contribution in [-0.2, 0) is 6.54 Å². The largest absolute Gasteiger partial charge is 0.387 e. The average Bonchev–Trinajstić information content (AvgIpc) is 3.23. The average molecular weight is 400 g/mol. The summed E-state index contributed by atoms with van der Waals surface area (Å²) < 4.78 is 2.99. The zero-order chi connectivity index (χ0) is 16.5. The van der Waals surface area contributed by atoms with Crippen molar-refractivity contribution in [2.45, 2.75) is 12.6 Å². The van der Waals surface area contributed by atoms with Gasteiger partial charge in [-0.15, -0.1) is 11.3 Å². The third kappa shape index (κ3) is 2.88. The summed E-state index contributed by atoms with van der Waals surface area (Å²) in [6.07, 6.45) is -0.627. The third-order valence-electron chi connectivity index (χ3n) is 3.90. The first-order chi connectivity index (χ1) is 11.7. The van der Waals surface area contributed by atoms with Crippen LogP contribution in [0.25, 0.3) is 22.6 Å². The quantitative estimate of drug-likeness (QED) is 0.542. The van der Waals surface area contributed by atoms with Gasteiger partial charge in [-0.05, 0) is 29.8 Å². The maximum absolute atomic E-state index is 10.7. The molecule has 1 atom stereocenters. The Labute approximate surface area is 151 Å². The fourth-order valence-corrected chi connectivity index (χ4v) is 3.72. The summed E-state index contributed by atoms with van der Waals surface area (Å²) in [5.41, 5.74) is 5.39. The minimum absolute atomic E-state index is 0.420. The second kappa shape index (κ2) is 6.47. The summed E-state index contributed by atoms with van der Waals surface area (Å²) in [6.45, 7) is 0.420. The number of nitrogens with zero attached hydrogens (tertiary/aromatic N) is 3. The molecule has 120 valence electrons. The standard InChI is InChI=1S/C18H14BrN3OS/c19-13-5-3-4-12(8-13)17(23)9-22-16-7-2-1-6-14(16)21-18(22)15-10-24-11-20-15/h1-8,10-11,17,23H,9H2/t17-/m1/s1. The molecule has 0 aliphatic rings. The molecule has 0 unspecified atom stereocenters. The second-order valence-electron chi connectivity index (χ2n) is 5.48. The molecule has 0 fully saturated rings. The first kappa shape index (κ1) is 15.5. The van der Waals surface area contributed by atoms with Crippen molar-refractivity contribution in [2.75, 3.05) is 0 Å². The monoisotopic (exact) mass is 399 g/mol. The Bertz CT molecular complexity index is 981. The van der Waals surface area contributed by atoms with Gasteiger partial charge in [-0.25, -0.2) is 9.97 Å². The smallest absolute Gasteiger partial charge is 0.160 e. The van der Waals surface area contributed by atoms with Crippen molar-refractivity contribution < 1.29 is 5.11 Å². The highest BCUT2D eigenvalue weighted by atomic mass is 79.9. The highest BCUT2D eigenvalue weighted by molar-refractivity contribution is 9.10. The molecule has 0 aliphatic heterocycles. The lowest BCUT2D eigenvalue weighted by Crippen LogP contribution is -2.10. The Morgan fingerprint density at radius 2 is 2.04 bits per heavy atom. The van der Waals surface area contributed by atoms with Gasteiger partial charge in [0.2, 0.25) is 0 Å². The molecule has 2 aromatic heterocycles. The first-order valence-electron chi connectivity index (χ1n) is 7.50. The van der Waals surface area contributed by atoms with Crippen molar-refractivity contribution in [1.29, 1.82) is 0 Å². The lowest BCUT2D eigenvalue weighted by atomic mass is 10.1. The van der Waals surface area contributed by atoms with E-state index < -0.39 is 6.10 Å². The van der Waals surface area contributed by atoms with Gasteiger partial charge in [-0.2, -0.15) is 0 Å². The Hall–Kier alpha value is -2.02. The maximum atomic E-state index is 10.7. The van der Waals surface area contributed by atoms with E-state index >= 15 is 0 Å². The third-order valence-corrected chi connectivity index (χ3v) is 4.98. The van der Waals surface area contributed by atoms with E-state index in [2.05, 4.69) is 20.9 Å². The van der Waals surface area contributed by atoms with E-state index in [0.717, 1.165) is 32.6 Å². The van der Waals surface area contributed by atoms with Crippen LogP contribution in [0.4, 0.5) is 0 Å². The minimum Gasteiger partial charge on any atom is -0.387 e. The van der Waals surface area contributed by atoms with Crippen LogP contribution in [0.5, 0.6) is 0 Å². The highest BCUT2D eigenvalue weighted by Crippen LogP contribution is 2.28. The van der Waals surface area contributed by atoms with Crippen molar-refractivity contribution in [2.24, 2.45) is 0 Å². The Balaban J connectivity index is 1.79. The van der Waals surface area contributed by atoms with Crippen LogP contribution in [-0.4, -0.2) is 19.6 Å². The van der Waals surface area contributed by atoms with Crippen molar-refractivity contribution in [1.82, 2.24) is 14.5 Å². The normalized spacial score (nSPS) is 12.6. The van der Waals surface area contributed by atoms with Crippen LogP contribution >= 0.6 is 27.3 Å². The van der Waals surface area contributed by atoms with Gasteiger partial charge < -0.3 is 9.67 Å². The van der Waals surface area contributed by atoms with E-state index in [-0.39, 0.29) is 0 Å². The molecule has 2 heterocycles. The van der Waals surface area contributed by atoms with Crippen LogP contribution in [0.3, 0.4) is 0 Å². The highest BCUT2D eigenvalue weighted by Gasteiger charge is 2.17. The Morgan fingerprint density at radius 1 is 1.17 bits per heavy atom. The molecule has 2 aromatic carbocycles. The maximum Gasteiger partial charge on any atom is 0.160 e. The summed E-state index contributed by atoms with van der Waals surface area (Å²) >= 11 is 4.99. The number of fused-ring (bicyclic) bond motifs is 1. The lowest BCUT2D eigenvalue weighted by Gasteiger charge is -2.15. The molecule has 0 aliphatic carbocycles. The van der Waals surface area contributed by atoms with Crippen LogP contribution in [0.15, 0.2) is 63.9 Å². The van der Waals surface area contributed by atoms with Gasteiger partial charge >= 0.3 is 0 Å². The summed E-state index contributed by atoms with van der Waals surface area (Å²) in [5, 5.41) is 12.7. The van der Waals surface area contributed by atoms with Crippen molar-refractivity contribution in [3.63, 3.8) is 0 Å². The van der Waals surface area contributed by atoms with Crippen molar-refractivity contribution >= 4 is 38.3 Å². The number of aromatic nitrogens is 3. The minimum atomic E-state index is -0.627.